The molecule has 4 rings (SSSR count). The van der Waals surface area contributed by atoms with E-state index in [9.17, 15) is 14.3 Å². The molecule has 8 nitrogen and oxygen atoms in total. The van der Waals surface area contributed by atoms with E-state index in [0.717, 1.165) is 5.56 Å². The van der Waals surface area contributed by atoms with Gasteiger partial charge in [-0.2, -0.15) is 4.98 Å². The van der Waals surface area contributed by atoms with Crippen LogP contribution in [0.25, 0.3) is 0 Å². The maximum absolute atomic E-state index is 13.7. The van der Waals surface area contributed by atoms with Crippen LogP contribution in [0.4, 0.5) is 15.9 Å². The molecule has 9 heteroatoms. The molecule has 0 aliphatic carbocycles. The SMILES string of the molecule is CC(C)(C)C(C(=O)O)C(c1ccc(F)cc1)c1ccnc(Oc2ccc(CNc3cc(N)ccn3)cc2)n1. The van der Waals surface area contributed by atoms with E-state index in [0.29, 0.717) is 35.1 Å². The summed E-state index contributed by atoms with van der Waals surface area (Å²) in [5, 5.41) is 13.4. The predicted octanol–water partition coefficient (Wildman–Crippen LogP) is 5.88. The molecule has 2 aromatic heterocycles. The summed E-state index contributed by atoms with van der Waals surface area (Å²) >= 11 is 0. The van der Waals surface area contributed by atoms with Crippen molar-refractivity contribution in [2.75, 3.05) is 11.1 Å². The standard InChI is InChI=1S/C29H30FN5O3/c1-29(2,3)26(27(36)37)25(19-6-8-20(30)9-7-19)23-13-15-33-28(35-23)38-22-10-4-18(5-11-22)17-34-24-16-21(31)12-14-32-24/h4-16,25-26H,17H2,1-3H3,(H,36,37)(H3,31,32,34). The van der Waals surface area contributed by atoms with Crippen molar-refractivity contribution in [2.45, 2.75) is 33.2 Å². The zero-order valence-corrected chi connectivity index (χ0v) is 21.4. The number of aliphatic carboxylic acids is 1. The molecule has 2 unspecified atom stereocenters. The Morgan fingerprint density at radius 2 is 1.71 bits per heavy atom. The smallest absolute Gasteiger partial charge is 0.322 e. The lowest BCUT2D eigenvalue weighted by molar-refractivity contribution is -0.146. The minimum Gasteiger partial charge on any atom is -0.481 e. The molecule has 0 saturated carbocycles. The third-order valence-corrected chi connectivity index (χ3v) is 6.13. The predicted molar refractivity (Wildman–Crippen MR) is 143 cm³/mol. The number of ether oxygens (including phenoxy) is 1. The molecule has 2 heterocycles. The van der Waals surface area contributed by atoms with Gasteiger partial charge in [-0.25, -0.2) is 14.4 Å². The average molecular weight is 516 g/mol. The number of carboxylic acid groups (broad SMARTS) is 1. The van der Waals surface area contributed by atoms with Crippen molar-refractivity contribution in [3.05, 3.63) is 102 Å². The van der Waals surface area contributed by atoms with Gasteiger partial charge in [-0.3, -0.25) is 4.79 Å². The fraction of sp³-hybridized carbons (Fsp3) is 0.241. The molecular weight excluding hydrogens is 485 g/mol. The Labute approximate surface area is 220 Å². The molecule has 4 N–H and O–H groups in total. The summed E-state index contributed by atoms with van der Waals surface area (Å²) in [7, 11) is 0. The Hall–Kier alpha value is -4.53. The van der Waals surface area contributed by atoms with Gasteiger partial charge in [-0.05, 0) is 52.9 Å². The first-order valence-electron chi connectivity index (χ1n) is 12.1. The van der Waals surface area contributed by atoms with Crippen LogP contribution in [0.15, 0.2) is 79.1 Å². The lowest BCUT2D eigenvalue weighted by Gasteiger charge is -2.34. The summed E-state index contributed by atoms with van der Waals surface area (Å²) < 4.78 is 19.6. The highest BCUT2D eigenvalue weighted by Gasteiger charge is 2.40. The number of rotatable bonds is 9. The van der Waals surface area contributed by atoms with Crippen molar-refractivity contribution in [1.29, 1.82) is 0 Å². The number of anilines is 2. The van der Waals surface area contributed by atoms with E-state index < -0.39 is 29.0 Å². The van der Waals surface area contributed by atoms with Gasteiger partial charge in [0.25, 0.3) is 0 Å². The van der Waals surface area contributed by atoms with Crippen molar-refractivity contribution in [3.63, 3.8) is 0 Å². The van der Waals surface area contributed by atoms with Crippen LogP contribution in [0.5, 0.6) is 11.8 Å². The molecule has 0 radical (unpaired) electrons. The van der Waals surface area contributed by atoms with Crippen LogP contribution in [0.1, 0.15) is 43.5 Å². The zero-order valence-electron chi connectivity index (χ0n) is 21.4. The monoisotopic (exact) mass is 515 g/mol. The van der Waals surface area contributed by atoms with Crippen LogP contribution >= 0.6 is 0 Å². The fourth-order valence-corrected chi connectivity index (χ4v) is 4.31. The van der Waals surface area contributed by atoms with E-state index in [1.54, 1.807) is 48.7 Å². The molecule has 0 spiro atoms. The Morgan fingerprint density at radius 3 is 2.34 bits per heavy atom. The summed E-state index contributed by atoms with van der Waals surface area (Å²) in [6, 6.07) is 18.5. The molecule has 0 amide bonds. The van der Waals surface area contributed by atoms with E-state index >= 15 is 0 Å². The highest BCUT2D eigenvalue weighted by molar-refractivity contribution is 5.73. The number of benzene rings is 2. The largest absolute Gasteiger partial charge is 0.481 e. The lowest BCUT2D eigenvalue weighted by atomic mass is 9.69. The number of nitrogens with one attached hydrogen (secondary N) is 1. The Balaban J connectivity index is 1.55. The van der Waals surface area contributed by atoms with Crippen molar-refractivity contribution < 1.29 is 19.0 Å². The van der Waals surface area contributed by atoms with Crippen LogP contribution in [-0.2, 0) is 11.3 Å². The molecule has 0 aliphatic heterocycles. The number of halogens is 1. The van der Waals surface area contributed by atoms with Gasteiger partial charge in [0.1, 0.15) is 17.4 Å². The van der Waals surface area contributed by atoms with Gasteiger partial charge in [-0.1, -0.05) is 45.0 Å². The van der Waals surface area contributed by atoms with Gasteiger partial charge in [0.05, 0.1) is 11.6 Å². The number of hydrogen-bond acceptors (Lipinski definition) is 7. The quantitative estimate of drug-likeness (QED) is 0.253. The van der Waals surface area contributed by atoms with E-state index in [4.69, 9.17) is 10.5 Å². The second-order valence-corrected chi connectivity index (χ2v) is 10.0. The lowest BCUT2D eigenvalue weighted by Crippen LogP contribution is -2.35. The highest BCUT2D eigenvalue weighted by atomic mass is 19.1. The number of nitrogens with zero attached hydrogens (tertiary/aromatic N) is 3. The van der Waals surface area contributed by atoms with Gasteiger partial charge in [0.2, 0.25) is 0 Å². The second kappa shape index (κ2) is 11.2. The third-order valence-electron chi connectivity index (χ3n) is 6.13. The Morgan fingerprint density at radius 1 is 1.03 bits per heavy atom. The van der Waals surface area contributed by atoms with Crippen LogP contribution in [0, 0.1) is 17.2 Å². The molecule has 0 bridgehead atoms. The van der Waals surface area contributed by atoms with Crippen molar-refractivity contribution in [2.24, 2.45) is 11.3 Å². The normalized spacial score (nSPS) is 12.9. The topological polar surface area (TPSA) is 123 Å². The minimum absolute atomic E-state index is 0.0856. The maximum atomic E-state index is 13.7. The Bertz CT molecular complexity index is 1390. The second-order valence-electron chi connectivity index (χ2n) is 10.0. The summed E-state index contributed by atoms with van der Waals surface area (Å²) in [5.41, 5.74) is 7.93. The van der Waals surface area contributed by atoms with E-state index in [2.05, 4.69) is 20.3 Å². The van der Waals surface area contributed by atoms with Gasteiger partial charge < -0.3 is 20.9 Å². The maximum Gasteiger partial charge on any atom is 0.322 e. The minimum atomic E-state index is -0.967. The number of carboxylic acids is 1. The molecule has 38 heavy (non-hydrogen) atoms. The van der Waals surface area contributed by atoms with E-state index in [1.807, 2.05) is 32.9 Å². The van der Waals surface area contributed by atoms with Crippen LogP contribution < -0.4 is 15.8 Å². The van der Waals surface area contributed by atoms with E-state index in [1.165, 1.54) is 18.3 Å². The highest BCUT2D eigenvalue weighted by Crippen LogP contribution is 2.42. The first kappa shape index (κ1) is 26.5. The van der Waals surface area contributed by atoms with E-state index in [-0.39, 0.29) is 6.01 Å². The Kier molecular flexibility index (Phi) is 7.85. The molecule has 0 fully saturated rings. The summed E-state index contributed by atoms with van der Waals surface area (Å²) in [6.07, 6.45) is 3.18. The van der Waals surface area contributed by atoms with Gasteiger partial charge >= 0.3 is 12.0 Å². The number of hydrogen-bond donors (Lipinski definition) is 3. The van der Waals surface area contributed by atoms with Crippen LogP contribution in [-0.4, -0.2) is 26.0 Å². The molecule has 4 aromatic rings. The average Bonchev–Trinajstić information content (AvgIpc) is 2.87. The molecular formula is C29H30FN5O3. The molecule has 0 saturated heterocycles. The number of nitrogens with two attached hydrogens (primary N) is 1. The summed E-state index contributed by atoms with van der Waals surface area (Å²) in [4.78, 5) is 25.4. The summed E-state index contributed by atoms with van der Waals surface area (Å²) in [6.45, 7) is 6.13. The first-order chi connectivity index (χ1) is 18.1. The van der Waals surface area contributed by atoms with Gasteiger partial charge in [-0.15, -0.1) is 0 Å². The number of pyridine rings is 1. The van der Waals surface area contributed by atoms with Crippen molar-refractivity contribution in [3.8, 4) is 11.8 Å². The third kappa shape index (κ3) is 6.61. The zero-order chi connectivity index (χ0) is 27.3. The number of nitrogen functional groups attached to an aromatic ring is 1. The number of aromatic nitrogens is 3. The van der Waals surface area contributed by atoms with Gasteiger partial charge in [0, 0.05) is 36.6 Å². The molecule has 0 aliphatic rings. The molecule has 2 aromatic carbocycles. The van der Waals surface area contributed by atoms with Crippen molar-refractivity contribution in [1.82, 2.24) is 15.0 Å². The van der Waals surface area contributed by atoms with Gasteiger partial charge in [0.15, 0.2) is 0 Å². The van der Waals surface area contributed by atoms with Crippen LogP contribution in [0.2, 0.25) is 0 Å². The molecule has 2 atom stereocenters. The number of carbonyl (C=O) groups is 1. The fourth-order valence-electron chi connectivity index (χ4n) is 4.31. The summed E-state index contributed by atoms with van der Waals surface area (Å²) in [5.74, 6) is -1.64. The molecule has 196 valence electrons. The van der Waals surface area contributed by atoms with Crippen LogP contribution in [0.3, 0.4) is 0 Å². The first-order valence-corrected chi connectivity index (χ1v) is 12.1. The van der Waals surface area contributed by atoms with Crippen molar-refractivity contribution >= 4 is 17.5 Å².